The third-order valence-electron chi connectivity index (χ3n) is 5.19. The maximum absolute atomic E-state index is 14.5. The minimum Gasteiger partial charge on any atom is -0.473 e. The van der Waals surface area contributed by atoms with Gasteiger partial charge in [-0.15, -0.1) is 0 Å². The fraction of sp³-hybridized carbons (Fsp3) is 0.364. The Kier molecular flexibility index (Phi) is 6.59. The summed E-state index contributed by atoms with van der Waals surface area (Å²) in [4.78, 5) is 27.4. The number of aromatic nitrogens is 3. The van der Waals surface area contributed by atoms with Crippen molar-refractivity contribution in [1.82, 2.24) is 19.9 Å². The molecular weight excluding hydrogens is 439 g/mol. The van der Waals surface area contributed by atoms with Crippen LogP contribution in [0.5, 0.6) is 5.88 Å². The van der Waals surface area contributed by atoms with Crippen molar-refractivity contribution in [1.29, 1.82) is 0 Å². The van der Waals surface area contributed by atoms with Crippen molar-refractivity contribution >= 4 is 22.6 Å². The molecule has 1 amide bonds. The molecule has 2 aromatic heterocycles. The largest absolute Gasteiger partial charge is 0.473 e. The number of fused-ring (bicyclic) bond motifs is 1. The molecule has 3 heterocycles. The van der Waals surface area contributed by atoms with Gasteiger partial charge in [-0.05, 0) is 18.2 Å². The molecular formula is C22H22F3N5O3. The summed E-state index contributed by atoms with van der Waals surface area (Å²) in [6.07, 6.45) is -0.677. The Labute approximate surface area is 188 Å². The number of hydrogen-bond acceptors (Lipinski definition) is 7. The third-order valence-corrected chi connectivity index (χ3v) is 5.19. The van der Waals surface area contributed by atoms with Crippen LogP contribution in [-0.4, -0.2) is 78.7 Å². The van der Waals surface area contributed by atoms with Crippen LogP contribution >= 0.6 is 0 Å². The van der Waals surface area contributed by atoms with Gasteiger partial charge in [-0.2, -0.15) is 8.78 Å². The number of halogens is 3. The van der Waals surface area contributed by atoms with Gasteiger partial charge in [0.05, 0.1) is 30.0 Å². The number of nitrogens with zero attached hydrogens (tertiary/aromatic N) is 5. The first kappa shape index (κ1) is 22.7. The van der Waals surface area contributed by atoms with Gasteiger partial charge in [0.15, 0.2) is 5.52 Å². The summed E-state index contributed by atoms with van der Waals surface area (Å²) in [5.41, 5.74) is 2.28. The van der Waals surface area contributed by atoms with Crippen molar-refractivity contribution in [2.45, 2.75) is 12.5 Å². The standard InChI is InChI=1S/C22H22F3N5O3/c1-29(2)18-4-3-13(9-15(18)23)16-10-17-19(27-6-5-26-17)21(28-16)33-12-14-11-30(7-8-32-14)22(31)20(24)25/h3-6,9-10,14,20H,7-8,11-12H2,1-2H3/t14-/m0/s1. The van der Waals surface area contributed by atoms with Crippen LogP contribution in [0.3, 0.4) is 0 Å². The number of anilines is 1. The van der Waals surface area contributed by atoms with E-state index in [9.17, 15) is 18.0 Å². The van der Waals surface area contributed by atoms with Crippen molar-refractivity contribution in [3.8, 4) is 17.1 Å². The summed E-state index contributed by atoms with van der Waals surface area (Å²) in [5, 5.41) is 0. The molecule has 1 aliphatic rings. The zero-order valence-electron chi connectivity index (χ0n) is 18.0. The van der Waals surface area contributed by atoms with E-state index in [1.54, 1.807) is 37.2 Å². The van der Waals surface area contributed by atoms with E-state index in [4.69, 9.17) is 9.47 Å². The second kappa shape index (κ2) is 9.57. The summed E-state index contributed by atoms with van der Waals surface area (Å²) in [5.74, 6) is -1.49. The number of benzene rings is 1. The lowest BCUT2D eigenvalue weighted by molar-refractivity contribution is -0.151. The molecule has 0 radical (unpaired) electrons. The van der Waals surface area contributed by atoms with Crippen molar-refractivity contribution in [3.05, 3.63) is 42.5 Å². The Morgan fingerprint density at radius 3 is 2.79 bits per heavy atom. The summed E-state index contributed by atoms with van der Waals surface area (Å²) in [6, 6.07) is 6.45. The predicted octanol–water partition coefficient (Wildman–Crippen LogP) is 2.77. The van der Waals surface area contributed by atoms with Gasteiger partial charge in [-0.1, -0.05) is 6.07 Å². The van der Waals surface area contributed by atoms with Crippen LogP contribution in [0, 0.1) is 5.82 Å². The number of hydrogen-bond donors (Lipinski definition) is 0. The lowest BCUT2D eigenvalue weighted by Crippen LogP contribution is -2.49. The van der Waals surface area contributed by atoms with Crippen LogP contribution in [-0.2, 0) is 9.53 Å². The molecule has 174 valence electrons. The molecule has 0 aliphatic carbocycles. The molecule has 1 saturated heterocycles. The SMILES string of the molecule is CN(C)c1ccc(-c2cc3nccnc3c(OC[C@@H]3CN(C(=O)C(F)F)CCO3)n2)cc1F. The second-order valence-electron chi connectivity index (χ2n) is 7.69. The Balaban J connectivity index is 1.59. The Morgan fingerprint density at radius 1 is 1.27 bits per heavy atom. The molecule has 1 aliphatic heterocycles. The van der Waals surface area contributed by atoms with E-state index in [-0.39, 0.29) is 32.2 Å². The van der Waals surface area contributed by atoms with Gasteiger partial charge in [0.2, 0.25) is 5.88 Å². The Morgan fingerprint density at radius 2 is 2.06 bits per heavy atom. The van der Waals surface area contributed by atoms with Crippen LogP contribution < -0.4 is 9.64 Å². The highest BCUT2D eigenvalue weighted by Crippen LogP contribution is 2.29. The summed E-state index contributed by atoms with van der Waals surface area (Å²) in [6.45, 7) is 0.154. The van der Waals surface area contributed by atoms with Gasteiger partial charge < -0.3 is 19.3 Å². The normalized spacial score (nSPS) is 16.3. The van der Waals surface area contributed by atoms with Crippen molar-refractivity contribution < 1.29 is 27.4 Å². The quantitative estimate of drug-likeness (QED) is 0.559. The number of ether oxygens (including phenoxy) is 2. The number of rotatable bonds is 6. The molecule has 3 aromatic rings. The van der Waals surface area contributed by atoms with Gasteiger partial charge in [-0.3, -0.25) is 9.78 Å². The van der Waals surface area contributed by atoms with Crippen LogP contribution in [0.1, 0.15) is 0 Å². The number of alkyl halides is 2. The number of morpholine rings is 1. The first-order chi connectivity index (χ1) is 15.8. The fourth-order valence-corrected chi connectivity index (χ4v) is 3.55. The highest BCUT2D eigenvalue weighted by atomic mass is 19.3. The highest BCUT2D eigenvalue weighted by Gasteiger charge is 2.29. The van der Waals surface area contributed by atoms with E-state index in [0.717, 1.165) is 4.90 Å². The molecule has 8 nitrogen and oxygen atoms in total. The first-order valence-corrected chi connectivity index (χ1v) is 10.2. The number of carbonyl (C=O) groups is 1. The van der Waals surface area contributed by atoms with Gasteiger partial charge in [-0.25, -0.2) is 14.4 Å². The van der Waals surface area contributed by atoms with Gasteiger partial charge in [0.25, 0.3) is 5.91 Å². The average Bonchev–Trinajstić information content (AvgIpc) is 2.81. The van der Waals surface area contributed by atoms with Gasteiger partial charge >= 0.3 is 6.43 Å². The van der Waals surface area contributed by atoms with E-state index in [1.807, 2.05) is 0 Å². The summed E-state index contributed by atoms with van der Waals surface area (Å²) >= 11 is 0. The van der Waals surface area contributed by atoms with Crippen LogP contribution in [0.25, 0.3) is 22.3 Å². The Bertz CT molecular complexity index is 1160. The smallest absolute Gasteiger partial charge is 0.315 e. The van der Waals surface area contributed by atoms with Crippen molar-refractivity contribution in [3.63, 3.8) is 0 Å². The highest BCUT2D eigenvalue weighted by molar-refractivity contribution is 5.83. The minimum atomic E-state index is -3.07. The molecule has 0 bridgehead atoms. The van der Waals surface area contributed by atoms with Crippen molar-refractivity contribution in [2.24, 2.45) is 0 Å². The van der Waals surface area contributed by atoms with E-state index < -0.39 is 24.3 Å². The van der Waals surface area contributed by atoms with Gasteiger partial charge in [0, 0.05) is 38.6 Å². The second-order valence-corrected chi connectivity index (χ2v) is 7.69. The predicted molar refractivity (Wildman–Crippen MR) is 115 cm³/mol. The topological polar surface area (TPSA) is 80.7 Å². The molecule has 0 spiro atoms. The molecule has 0 N–H and O–H groups in total. The van der Waals surface area contributed by atoms with Crippen LogP contribution in [0.15, 0.2) is 36.7 Å². The minimum absolute atomic E-state index is 0.0241. The molecule has 0 saturated carbocycles. The fourth-order valence-electron chi connectivity index (χ4n) is 3.55. The van der Waals surface area contributed by atoms with E-state index in [2.05, 4.69) is 15.0 Å². The number of carbonyl (C=O) groups excluding carboxylic acids is 1. The van der Waals surface area contributed by atoms with E-state index >= 15 is 0 Å². The molecule has 33 heavy (non-hydrogen) atoms. The number of pyridine rings is 1. The van der Waals surface area contributed by atoms with E-state index in [0.29, 0.717) is 28.0 Å². The van der Waals surface area contributed by atoms with Crippen LogP contribution in [0.4, 0.5) is 18.9 Å². The molecule has 1 atom stereocenters. The summed E-state index contributed by atoms with van der Waals surface area (Å²) < 4.78 is 51.4. The molecule has 1 fully saturated rings. The van der Waals surface area contributed by atoms with Crippen molar-refractivity contribution in [2.75, 3.05) is 45.3 Å². The first-order valence-electron chi connectivity index (χ1n) is 10.2. The average molecular weight is 461 g/mol. The zero-order valence-corrected chi connectivity index (χ0v) is 18.0. The van der Waals surface area contributed by atoms with Crippen LogP contribution in [0.2, 0.25) is 0 Å². The number of amides is 1. The lowest BCUT2D eigenvalue weighted by atomic mass is 10.1. The molecule has 4 rings (SSSR count). The Hall–Kier alpha value is -3.47. The third kappa shape index (κ3) is 4.98. The monoisotopic (exact) mass is 461 g/mol. The molecule has 1 aromatic carbocycles. The summed E-state index contributed by atoms with van der Waals surface area (Å²) in [7, 11) is 3.49. The van der Waals surface area contributed by atoms with E-state index in [1.165, 1.54) is 18.5 Å². The lowest BCUT2D eigenvalue weighted by Gasteiger charge is -2.32. The zero-order chi connectivity index (χ0) is 23.5. The molecule has 0 unspecified atom stereocenters. The maximum atomic E-state index is 14.5. The van der Waals surface area contributed by atoms with Gasteiger partial charge in [0.1, 0.15) is 18.5 Å². The maximum Gasteiger partial charge on any atom is 0.315 e. The molecule has 11 heteroatoms.